The molecule has 0 bridgehead atoms. The summed E-state index contributed by atoms with van der Waals surface area (Å²) in [7, 11) is 1.50. The number of nitrogens with zero attached hydrogens (tertiary/aromatic N) is 1. The van der Waals surface area contributed by atoms with Gasteiger partial charge in [-0.1, -0.05) is 13.8 Å². The normalized spacial score (nSPS) is 12.7. The van der Waals surface area contributed by atoms with Crippen LogP contribution in [0.3, 0.4) is 0 Å². The number of nitrogens with one attached hydrogen (secondary N) is 1. The van der Waals surface area contributed by atoms with E-state index < -0.39 is 24.0 Å². The summed E-state index contributed by atoms with van der Waals surface area (Å²) in [5, 5.41) is 11.8. The molecule has 0 aliphatic rings. The van der Waals surface area contributed by atoms with Crippen LogP contribution in [0.5, 0.6) is 11.5 Å². The van der Waals surface area contributed by atoms with Crippen LogP contribution in [0.25, 0.3) is 0 Å². The minimum atomic E-state index is -1.02. The number of carbonyl (C=O) groups excluding carboxylic acids is 2. The van der Waals surface area contributed by atoms with Crippen LogP contribution in [0, 0.1) is 17.2 Å². The van der Waals surface area contributed by atoms with Gasteiger partial charge in [0.1, 0.15) is 5.54 Å². The maximum atomic E-state index is 12.1. The lowest BCUT2D eigenvalue weighted by atomic mass is 9.90. The van der Waals surface area contributed by atoms with Crippen molar-refractivity contribution in [1.82, 2.24) is 5.32 Å². The number of esters is 1. The molecule has 0 aromatic heterocycles. The molecule has 0 saturated heterocycles. The highest BCUT2D eigenvalue weighted by Gasteiger charge is 2.30. The van der Waals surface area contributed by atoms with E-state index in [0.717, 1.165) is 0 Å². The molecule has 1 amide bonds. The van der Waals surface area contributed by atoms with Crippen LogP contribution >= 0.6 is 0 Å². The van der Waals surface area contributed by atoms with E-state index in [1.807, 2.05) is 20.8 Å². The van der Waals surface area contributed by atoms with Gasteiger partial charge in [-0.2, -0.15) is 5.26 Å². The summed E-state index contributed by atoms with van der Waals surface area (Å²) in [4.78, 5) is 24.1. The Morgan fingerprint density at radius 1 is 1.32 bits per heavy atom. The number of rotatable bonds is 8. The molecule has 7 heteroatoms. The van der Waals surface area contributed by atoms with E-state index in [9.17, 15) is 14.9 Å². The first kappa shape index (κ1) is 20.3. The molecule has 0 radical (unpaired) electrons. The fourth-order valence-corrected chi connectivity index (χ4v) is 1.91. The molecule has 0 saturated carbocycles. The number of hydrogen-bond acceptors (Lipinski definition) is 6. The summed E-state index contributed by atoms with van der Waals surface area (Å²) < 4.78 is 15.6. The Balaban J connectivity index is 2.72. The molecule has 0 aliphatic carbocycles. The van der Waals surface area contributed by atoms with Gasteiger partial charge in [-0.15, -0.1) is 0 Å². The van der Waals surface area contributed by atoms with E-state index in [1.165, 1.54) is 19.2 Å². The lowest BCUT2D eigenvalue weighted by Crippen LogP contribution is -2.50. The zero-order chi connectivity index (χ0) is 19.0. The lowest BCUT2D eigenvalue weighted by Gasteiger charge is -2.27. The molecule has 25 heavy (non-hydrogen) atoms. The van der Waals surface area contributed by atoms with Crippen molar-refractivity contribution in [2.45, 2.75) is 33.2 Å². The average Bonchev–Trinajstić information content (AvgIpc) is 2.59. The van der Waals surface area contributed by atoms with Gasteiger partial charge in [0, 0.05) is 0 Å². The van der Waals surface area contributed by atoms with Crippen molar-refractivity contribution in [3.05, 3.63) is 23.8 Å². The Morgan fingerprint density at radius 3 is 2.52 bits per heavy atom. The van der Waals surface area contributed by atoms with Crippen LogP contribution < -0.4 is 14.8 Å². The molecule has 1 N–H and O–H groups in total. The molecule has 7 nitrogen and oxygen atoms in total. The third-order valence-electron chi connectivity index (χ3n) is 3.82. The Bertz CT molecular complexity index is 666. The quantitative estimate of drug-likeness (QED) is 0.724. The summed E-state index contributed by atoms with van der Waals surface area (Å²) in [5.74, 6) is -0.377. The van der Waals surface area contributed by atoms with Crippen LogP contribution in [0.15, 0.2) is 18.2 Å². The SMILES string of the molecule is CCOc1cc(C(=O)OCC(=O)N[C@](C)(C#N)C(C)C)ccc1OC. The number of ether oxygens (including phenoxy) is 3. The van der Waals surface area contributed by atoms with Crippen molar-refractivity contribution in [2.24, 2.45) is 5.92 Å². The molecule has 1 aromatic rings. The van der Waals surface area contributed by atoms with Crippen LogP contribution in [0.4, 0.5) is 0 Å². The van der Waals surface area contributed by atoms with E-state index >= 15 is 0 Å². The lowest BCUT2D eigenvalue weighted by molar-refractivity contribution is -0.125. The van der Waals surface area contributed by atoms with Gasteiger partial charge in [0.25, 0.3) is 5.91 Å². The van der Waals surface area contributed by atoms with Gasteiger partial charge >= 0.3 is 5.97 Å². The van der Waals surface area contributed by atoms with Gasteiger partial charge < -0.3 is 19.5 Å². The second kappa shape index (κ2) is 8.92. The van der Waals surface area contributed by atoms with Crippen molar-refractivity contribution in [3.63, 3.8) is 0 Å². The first-order valence-electron chi connectivity index (χ1n) is 7.97. The second-order valence-corrected chi connectivity index (χ2v) is 5.89. The Morgan fingerprint density at radius 2 is 2.00 bits per heavy atom. The summed E-state index contributed by atoms with van der Waals surface area (Å²) in [6.07, 6.45) is 0. The number of methoxy groups -OCH3 is 1. The molecular formula is C18H24N2O5. The number of amides is 1. The van der Waals surface area contributed by atoms with Crippen LogP contribution in [0.2, 0.25) is 0 Å². The predicted octanol–water partition coefficient (Wildman–Crippen LogP) is 2.31. The van der Waals surface area contributed by atoms with Crippen LogP contribution in [-0.2, 0) is 9.53 Å². The number of hydrogen-bond donors (Lipinski definition) is 1. The first-order chi connectivity index (χ1) is 11.8. The van der Waals surface area contributed by atoms with Gasteiger partial charge in [-0.05, 0) is 38.0 Å². The summed E-state index contributed by atoms with van der Waals surface area (Å²) in [5.41, 5.74) is -0.782. The molecule has 0 fully saturated rings. The number of benzene rings is 1. The molecule has 1 rings (SSSR count). The van der Waals surface area contributed by atoms with Gasteiger partial charge in [0.15, 0.2) is 18.1 Å². The molecule has 1 atom stereocenters. The van der Waals surface area contributed by atoms with Crippen LogP contribution in [0.1, 0.15) is 38.1 Å². The van der Waals surface area contributed by atoms with Crippen molar-refractivity contribution in [3.8, 4) is 17.6 Å². The van der Waals surface area contributed by atoms with Gasteiger partial charge in [-0.3, -0.25) is 4.79 Å². The smallest absolute Gasteiger partial charge is 0.338 e. The molecule has 0 aliphatic heterocycles. The standard InChI is InChI=1S/C18H24N2O5/c1-6-24-15-9-13(7-8-14(15)23-5)17(22)25-10-16(21)20-18(4,11-19)12(2)3/h7-9,12H,6,10H2,1-5H3,(H,20,21)/t18-/m1/s1. The fraction of sp³-hybridized carbons (Fsp3) is 0.500. The van der Waals surface area contributed by atoms with E-state index in [-0.39, 0.29) is 11.5 Å². The average molecular weight is 348 g/mol. The fourth-order valence-electron chi connectivity index (χ4n) is 1.91. The molecule has 0 heterocycles. The Hall–Kier alpha value is -2.75. The molecule has 0 unspecified atom stereocenters. The Kier molecular flexibility index (Phi) is 7.24. The van der Waals surface area contributed by atoms with E-state index in [4.69, 9.17) is 14.2 Å². The molecule has 0 spiro atoms. The van der Waals surface area contributed by atoms with Crippen molar-refractivity contribution in [1.29, 1.82) is 5.26 Å². The van der Waals surface area contributed by atoms with Gasteiger partial charge in [0.2, 0.25) is 0 Å². The van der Waals surface area contributed by atoms with Gasteiger partial charge in [0.05, 0.1) is 25.3 Å². The summed E-state index contributed by atoms with van der Waals surface area (Å²) >= 11 is 0. The maximum absolute atomic E-state index is 12.1. The van der Waals surface area contributed by atoms with Gasteiger partial charge in [-0.25, -0.2) is 4.79 Å². The van der Waals surface area contributed by atoms with Crippen molar-refractivity contribution < 1.29 is 23.8 Å². The number of nitriles is 1. The predicted molar refractivity (Wildman–Crippen MR) is 91.4 cm³/mol. The van der Waals surface area contributed by atoms with E-state index in [0.29, 0.717) is 18.1 Å². The maximum Gasteiger partial charge on any atom is 0.338 e. The number of carbonyl (C=O) groups is 2. The topological polar surface area (TPSA) is 97.6 Å². The minimum absolute atomic E-state index is 0.0903. The molecule has 136 valence electrons. The third-order valence-corrected chi connectivity index (χ3v) is 3.82. The third kappa shape index (κ3) is 5.38. The highest BCUT2D eigenvalue weighted by atomic mass is 16.5. The second-order valence-electron chi connectivity index (χ2n) is 5.89. The first-order valence-corrected chi connectivity index (χ1v) is 7.97. The van der Waals surface area contributed by atoms with Crippen molar-refractivity contribution >= 4 is 11.9 Å². The van der Waals surface area contributed by atoms with E-state index in [2.05, 4.69) is 11.4 Å². The Labute approximate surface area is 147 Å². The zero-order valence-corrected chi connectivity index (χ0v) is 15.2. The van der Waals surface area contributed by atoms with Crippen LogP contribution in [-0.4, -0.2) is 37.7 Å². The van der Waals surface area contributed by atoms with Crippen molar-refractivity contribution in [2.75, 3.05) is 20.3 Å². The summed E-state index contributed by atoms with van der Waals surface area (Å²) in [6, 6.07) is 6.67. The summed E-state index contributed by atoms with van der Waals surface area (Å²) in [6.45, 7) is 7.02. The molecule has 1 aromatic carbocycles. The highest BCUT2D eigenvalue weighted by molar-refractivity contribution is 5.92. The monoisotopic (exact) mass is 348 g/mol. The zero-order valence-electron chi connectivity index (χ0n) is 15.2. The van der Waals surface area contributed by atoms with E-state index in [1.54, 1.807) is 13.0 Å². The highest BCUT2D eigenvalue weighted by Crippen LogP contribution is 2.28. The largest absolute Gasteiger partial charge is 0.493 e. The minimum Gasteiger partial charge on any atom is -0.493 e. The molecular weight excluding hydrogens is 324 g/mol.